The van der Waals surface area contributed by atoms with Gasteiger partial charge in [-0.25, -0.2) is 9.97 Å². The Labute approximate surface area is 164 Å². The second-order valence-corrected chi connectivity index (χ2v) is 6.11. The molecule has 6 nitrogen and oxygen atoms in total. The number of alkyl halides is 6. The minimum absolute atomic E-state index is 0.115. The van der Waals surface area contributed by atoms with E-state index < -0.39 is 23.6 Å². The van der Waals surface area contributed by atoms with Crippen LogP contribution in [0.2, 0.25) is 0 Å². The number of anilines is 2. The maximum absolute atomic E-state index is 13.2. The van der Waals surface area contributed by atoms with Crippen molar-refractivity contribution in [2.75, 3.05) is 5.32 Å². The molecule has 12 heteroatoms. The molecule has 4 aromatic heterocycles. The van der Waals surface area contributed by atoms with Gasteiger partial charge in [0.1, 0.15) is 5.69 Å². The van der Waals surface area contributed by atoms with E-state index in [4.69, 9.17) is 0 Å². The largest absolute Gasteiger partial charge is 0.433 e. The Morgan fingerprint density at radius 2 is 1.63 bits per heavy atom. The Morgan fingerprint density at radius 1 is 0.833 bits per heavy atom. The van der Waals surface area contributed by atoms with Crippen LogP contribution in [0.4, 0.5) is 37.8 Å². The summed E-state index contributed by atoms with van der Waals surface area (Å²) >= 11 is 0. The van der Waals surface area contributed by atoms with Gasteiger partial charge in [-0.15, -0.1) is 0 Å². The fourth-order valence-electron chi connectivity index (χ4n) is 2.74. The number of nitrogens with one attached hydrogen (secondary N) is 1. The van der Waals surface area contributed by atoms with Crippen LogP contribution in [0.25, 0.3) is 16.9 Å². The highest BCUT2D eigenvalue weighted by Gasteiger charge is 2.34. The number of pyridine rings is 2. The Bertz CT molecular complexity index is 1200. The zero-order chi connectivity index (χ0) is 21.5. The lowest BCUT2D eigenvalue weighted by Crippen LogP contribution is -2.09. The SMILES string of the molecule is FC(F)(F)c1ccc(Nc2cnc3cc(-c4ncccc4C(F)(F)F)cnn23)cn1. The van der Waals surface area contributed by atoms with E-state index in [1.54, 1.807) is 0 Å². The summed E-state index contributed by atoms with van der Waals surface area (Å²) in [4.78, 5) is 11.2. The molecule has 154 valence electrons. The first-order valence-corrected chi connectivity index (χ1v) is 8.29. The molecule has 0 spiro atoms. The van der Waals surface area contributed by atoms with Gasteiger partial charge in [0, 0.05) is 11.8 Å². The summed E-state index contributed by atoms with van der Waals surface area (Å²) in [6.45, 7) is 0. The average molecular weight is 424 g/mol. The Hall–Kier alpha value is -3.70. The number of hydrogen-bond donors (Lipinski definition) is 1. The van der Waals surface area contributed by atoms with Gasteiger partial charge in [0.2, 0.25) is 0 Å². The standard InChI is InChI=1S/C18H10F6N6/c19-17(20,21)12-2-1-5-25-16(12)10-6-14-27-9-15(30(14)28-7-10)29-11-3-4-13(26-8-11)18(22,23)24/h1-9,29H. The van der Waals surface area contributed by atoms with Crippen LogP contribution >= 0.6 is 0 Å². The molecular formula is C18H10F6N6. The number of aromatic nitrogens is 5. The first-order valence-electron chi connectivity index (χ1n) is 8.29. The Balaban J connectivity index is 1.66. The van der Waals surface area contributed by atoms with Gasteiger partial charge in [-0.3, -0.25) is 4.98 Å². The molecule has 0 aliphatic rings. The van der Waals surface area contributed by atoms with Crippen molar-refractivity contribution in [3.8, 4) is 11.3 Å². The van der Waals surface area contributed by atoms with E-state index in [9.17, 15) is 26.3 Å². The maximum atomic E-state index is 13.2. The number of rotatable bonds is 3. The molecule has 4 aromatic rings. The van der Waals surface area contributed by atoms with Crippen molar-refractivity contribution >= 4 is 17.2 Å². The van der Waals surface area contributed by atoms with Crippen molar-refractivity contribution in [2.24, 2.45) is 0 Å². The molecule has 0 saturated heterocycles. The molecule has 0 unspecified atom stereocenters. The van der Waals surface area contributed by atoms with E-state index >= 15 is 0 Å². The molecule has 0 radical (unpaired) electrons. The van der Waals surface area contributed by atoms with Gasteiger partial charge >= 0.3 is 12.4 Å². The predicted octanol–water partition coefficient (Wildman–Crippen LogP) is 4.97. The van der Waals surface area contributed by atoms with Crippen molar-refractivity contribution < 1.29 is 26.3 Å². The number of nitrogens with zero attached hydrogens (tertiary/aromatic N) is 5. The number of imidazole rings is 1. The lowest BCUT2D eigenvalue weighted by atomic mass is 10.1. The molecule has 0 aliphatic heterocycles. The summed E-state index contributed by atoms with van der Waals surface area (Å²) in [5.41, 5.74) is -1.65. The highest BCUT2D eigenvalue weighted by atomic mass is 19.4. The molecule has 0 fully saturated rings. The van der Waals surface area contributed by atoms with Crippen LogP contribution in [0.3, 0.4) is 0 Å². The maximum Gasteiger partial charge on any atom is 0.433 e. The van der Waals surface area contributed by atoms with E-state index in [2.05, 4.69) is 25.4 Å². The third-order valence-electron chi connectivity index (χ3n) is 4.07. The molecule has 30 heavy (non-hydrogen) atoms. The number of halogens is 6. The minimum Gasteiger partial charge on any atom is -0.338 e. The van der Waals surface area contributed by atoms with Gasteiger partial charge < -0.3 is 5.32 Å². The van der Waals surface area contributed by atoms with E-state index in [-0.39, 0.29) is 28.4 Å². The van der Waals surface area contributed by atoms with Crippen LogP contribution in [0.5, 0.6) is 0 Å². The molecule has 0 aliphatic carbocycles. The van der Waals surface area contributed by atoms with Crippen molar-refractivity contribution in [3.05, 3.63) is 66.4 Å². The fourth-order valence-corrected chi connectivity index (χ4v) is 2.74. The van der Waals surface area contributed by atoms with Crippen molar-refractivity contribution in [1.82, 2.24) is 24.6 Å². The molecule has 0 amide bonds. The summed E-state index contributed by atoms with van der Waals surface area (Å²) in [7, 11) is 0. The van der Waals surface area contributed by atoms with Crippen molar-refractivity contribution in [1.29, 1.82) is 0 Å². The highest BCUT2D eigenvalue weighted by molar-refractivity contribution is 5.68. The van der Waals surface area contributed by atoms with Gasteiger partial charge in [0.15, 0.2) is 11.5 Å². The normalized spacial score (nSPS) is 12.3. The third-order valence-corrected chi connectivity index (χ3v) is 4.07. The molecule has 0 bridgehead atoms. The molecular weight excluding hydrogens is 414 g/mol. The number of fused-ring (bicyclic) bond motifs is 1. The summed E-state index contributed by atoms with van der Waals surface area (Å²) < 4.78 is 78.8. The van der Waals surface area contributed by atoms with Crippen LogP contribution in [0.15, 0.2) is 55.1 Å². The van der Waals surface area contributed by atoms with Crippen LogP contribution in [0, 0.1) is 0 Å². The van der Waals surface area contributed by atoms with Crippen molar-refractivity contribution in [2.45, 2.75) is 12.4 Å². The summed E-state index contributed by atoms with van der Waals surface area (Å²) in [6.07, 6.45) is -4.37. The Morgan fingerprint density at radius 3 is 2.30 bits per heavy atom. The lowest BCUT2D eigenvalue weighted by molar-refractivity contribution is -0.141. The van der Waals surface area contributed by atoms with E-state index in [1.807, 2.05) is 0 Å². The van der Waals surface area contributed by atoms with Crippen LogP contribution in [0.1, 0.15) is 11.3 Å². The molecule has 1 N–H and O–H groups in total. The predicted molar refractivity (Wildman–Crippen MR) is 93.7 cm³/mol. The summed E-state index contributed by atoms with van der Waals surface area (Å²) in [5, 5.41) is 6.89. The number of hydrogen-bond acceptors (Lipinski definition) is 5. The monoisotopic (exact) mass is 424 g/mol. The summed E-state index contributed by atoms with van der Waals surface area (Å²) in [5.74, 6) is 0.287. The quantitative estimate of drug-likeness (QED) is 0.471. The van der Waals surface area contributed by atoms with Crippen LogP contribution < -0.4 is 5.32 Å². The van der Waals surface area contributed by atoms with Gasteiger partial charge in [-0.05, 0) is 30.3 Å². The van der Waals surface area contributed by atoms with Crippen LogP contribution in [-0.4, -0.2) is 24.6 Å². The molecule has 4 heterocycles. The van der Waals surface area contributed by atoms with Crippen LogP contribution in [-0.2, 0) is 12.4 Å². The average Bonchev–Trinajstić information content (AvgIpc) is 3.09. The molecule has 0 atom stereocenters. The van der Waals surface area contributed by atoms with Gasteiger partial charge in [0.25, 0.3) is 0 Å². The first kappa shape index (κ1) is 19.6. The van der Waals surface area contributed by atoms with Crippen molar-refractivity contribution in [3.63, 3.8) is 0 Å². The molecule has 4 rings (SSSR count). The topological polar surface area (TPSA) is 68.0 Å². The smallest absolute Gasteiger partial charge is 0.338 e. The zero-order valence-electron chi connectivity index (χ0n) is 14.7. The van der Waals surface area contributed by atoms with E-state index in [0.717, 1.165) is 18.3 Å². The van der Waals surface area contributed by atoms with E-state index in [0.29, 0.717) is 0 Å². The van der Waals surface area contributed by atoms with Gasteiger partial charge in [-0.2, -0.15) is 36.0 Å². The molecule has 0 aromatic carbocycles. The third kappa shape index (κ3) is 3.75. The van der Waals surface area contributed by atoms with Gasteiger partial charge in [0.05, 0.1) is 35.5 Å². The second kappa shape index (κ2) is 6.97. The second-order valence-electron chi connectivity index (χ2n) is 6.11. The minimum atomic E-state index is -4.59. The van der Waals surface area contributed by atoms with E-state index in [1.165, 1.54) is 41.3 Å². The highest BCUT2D eigenvalue weighted by Crippen LogP contribution is 2.35. The fraction of sp³-hybridized carbons (Fsp3) is 0.111. The Kier molecular flexibility index (Phi) is 4.56. The lowest BCUT2D eigenvalue weighted by Gasteiger charge is -2.11. The summed E-state index contributed by atoms with van der Waals surface area (Å²) in [6, 6.07) is 5.49. The van der Waals surface area contributed by atoms with Gasteiger partial charge in [-0.1, -0.05) is 0 Å². The molecule has 0 saturated carbocycles. The zero-order valence-corrected chi connectivity index (χ0v) is 14.7. The first-order chi connectivity index (χ1) is 14.1.